The van der Waals surface area contributed by atoms with Gasteiger partial charge in [0.25, 0.3) is 0 Å². The number of sulfonamides is 1. The molecule has 1 fully saturated rings. The van der Waals surface area contributed by atoms with Crippen molar-refractivity contribution in [2.75, 3.05) is 18.4 Å². The average molecular weight is 528 g/mol. The summed E-state index contributed by atoms with van der Waals surface area (Å²) in [5.74, 6) is -0.538. The van der Waals surface area contributed by atoms with Gasteiger partial charge in [0.2, 0.25) is 15.9 Å². The van der Waals surface area contributed by atoms with Crippen LogP contribution in [0.5, 0.6) is 0 Å². The van der Waals surface area contributed by atoms with Crippen molar-refractivity contribution < 1.29 is 17.7 Å². The Kier molecular flexibility index (Phi) is 7.68. The van der Waals surface area contributed by atoms with E-state index in [0.717, 1.165) is 22.3 Å². The molecule has 0 bridgehead atoms. The van der Waals surface area contributed by atoms with Crippen molar-refractivity contribution in [3.05, 3.63) is 75.1 Å². The number of hydrogen-bond donors (Lipinski definition) is 1. The Balaban J connectivity index is 1.54. The molecule has 0 saturated carbocycles. The third-order valence-corrected chi connectivity index (χ3v) is 8.91. The van der Waals surface area contributed by atoms with Crippen molar-refractivity contribution in [2.45, 2.75) is 45.4 Å². The number of aryl methyl sites for hydroxylation is 4. The molecule has 9 heteroatoms. The molecule has 2 heterocycles. The molecule has 7 nitrogen and oxygen atoms in total. The first kappa shape index (κ1) is 26.1. The average Bonchev–Trinajstić information content (AvgIpc) is 3.23. The molecule has 0 aliphatic carbocycles. The van der Waals surface area contributed by atoms with E-state index in [2.05, 4.69) is 10.5 Å². The van der Waals surface area contributed by atoms with Crippen LogP contribution in [0.15, 0.2) is 45.8 Å². The SMILES string of the molecule is Cc1ccc(C)c(/C=C/c2onc(C)c2S(=O)(=O)N2CCC[C@H](C(=O)Nc3ccc(C)c(Cl)c3)C2)c1. The first-order valence-electron chi connectivity index (χ1n) is 11.8. The summed E-state index contributed by atoms with van der Waals surface area (Å²) in [4.78, 5) is 13.0. The van der Waals surface area contributed by atoms with Crippen LogP contribution in [-0.4, -0.2) is 36.9 Å². The molecule has 1 atom stereocenters. The monoisotopic (exact) mass is 527 g/mol. The summed E-state index contributed by atoms with van der Waals surface area (Å²) in [6.45, 7) is 7.90. The van der Waals surface area contributed by atoms with Gasteiger partial charge in [-0.15, -0.1) is 0 Å². The second kappa shape index (κ2) is 10.6. The van der Waals surface area contributed by atoms with Gasteiger partial charge >= 0.3 is 0 Å². The maximum Gasteiger partial charge on any atom is 0.248 e. The minimum absolute atomic E-state index is 0.0374. The largest absolute Gasteiger partial charge is 0.355 e. The van der Waals surface area contributed by atoms with Crippen molar-refractivity contribution in [3.63, 3.8) is 0 Å². The Labute approximate surface area is 217 Å². The second-order valence-electron chi connectivity index (χ2n) is 9.31. The van der Waals surface area contributed by atoms with Crippen LogP contribution < -0.4 is 5.32 Å². The molecular weight excluding hydrogens is 498 g/mol. The summed E-state index contributed by atoms with van der Waals surface area (Å²) < 4.78 is 34.1. The van der Waals surface area contributed by atoms with E-state index in [-0.39, 0.29) is 28.8 Å². The van der Waals surface area contributed by atoms with Gasteiger partial charge in [-0.05, 0) is 75.4 Å². The maximum absolute atomic E-state index is 13.7. The normalized spacial score (nSPS) is 17.0. The molecule has 0 unspecified atom stereocenters. The number of anilines is 1. The molecule has 0 spiro atoms. The fraction of sp³-hybridized carbons (Fsp3) is 0.333. The smallest absolute Gasteiger partial charge is 0.248 e. The predicted octanol–water partition coefficient (Wildman–Crippen LogP) is 5.77. The Morgan fingerprint density at radius 1 is 1.11 bits per heavy atom. The number of piperidine rings is 1. The van der Waals surface area contributed by atoms with E-state index in [1.165, 1.54) is 4.31 Å². The summed E-state index contributed by atoms with van der Waals surface area (Å²) in [5.41, 5.74) is 4.93. The zero-order valence-corrected chi connectivity index (χ0v) is 22.4. The van der Waals surface area contributed by atoms with Crippen LogP contribution in [0.25, 0.3) is 12.2 Å². The fourth-order valence-electron chi connectivity index (χ4n) is 4.32. The number of carbonyl (C=O) groups is 1. The molecule has 0 radical (unpaired) electrons. The number of amides is 1. The van der Waals surface area contributed by atoms with Gasteiger partial charge in [-0.1, -0.05) is 52.7 Å². The van der Waals surface area contributed by atoms with Gasteiger partial charge < -0.3 is 9.84 Å². The van der Waals surface area contributed by atoms with Crippen molar-refractivity contribution in [1.29, 1.82) is 0 Å². The molecule has 190 valence electrons. The Bertz CT molecular complexity index is 1430. The van der Waals surface area contributed by atoms with Gasteiger partial charge in [-0.2, -0.15) is 4.31 Å². The Morgan fingerprint density at radius 2 is 1.86 bits per heavy atom. The highest BCUT2D eigenvalue weighted by Crippen LogP contribution is 2.30. The fourth-order valence-corrected chi connectivity index (χ4v) is 6.28. The van der Waals surface area contributed by atoms with Gasteiger partial charge in [0.15, 0.2) is 10.7 Å². The lowest BCUT2D eigenvalue weighted by molar-refractivity contribution is -0.120. The summed E-state index contributed by atoms with van der Waals surface area (Å²) in [6, 6.07) is 11.4. The number of aromatic nitrogens is 1. The van der Waals surface area contributed by atoms with Crippen molar-refractivity contribution >= 4 is 45.4 Å². The minimum Gasteiger partial charge on any atom is -0.355 e. The summed E-state index contributed by atoms with van der Waals surface area (Å²) >= 11 is 6.17. The van der Waals surface area contributed by atoms with Crippen molar-refractivity contribution in [2.24, 2.45) is 5.92 Å². The topological polar surface area (TPSA) is 92.5 Å². The highest BCUT2D eigenvalue weighted by molar-refractivity contribution is 7.89. The van der Waals surface area contributed by atoms with Crippen molar-refractivity contribution in [3.8, 4) is 0 Å². The number of benzene rings is 2. The van der Waals surface area contributed by atoms with Gasteiger partial charge in [-0.25, -0.2) is 8.42 Å². The van der Waals surface area contributed by atoms with Crippen LogP contribution in [0.2, 0.25) is 5.02 Å². The van der Waals surface area contributed by atoms with Gasteiger partial charge in [0.05, 0.1) is 5.92 Å². The standard InChI is InChI=1S/C27H30ClN3O4S/c1-17-7-8-18(2)21(14-17)10-12-25-26(20(4)30-35-25)36(33,34)31-13-5-6-22(16-31)27(32)29-23-11-9-19(3)24(28)15-23/h7-12,14-15,22H,5-6,13,16H2,1-4H3,(H,29,32)/b12-10+/t22-/m0/s1. The number of halogens is 1. The third kappa shape index (κ3) is 5.56. The first-order chi connectivity index (χ1) is 17.1. The molecular formula is C27H30ClN3O4S. The number of carbonyl (C=O) groups excluding carboxylic acids is 1. The zero-order chi connectivity index (χ0) is 26.0. The molecule has 3 aromatic rings. The lowest BCUT2D eigenvalue weighted by atomic mass is 9.98. The van der Waals surface area contributed by atoms with E-state index < -0.39 is 15.9 Å². The highest BCUT2D eigenvalue weighted by Gasteiger charge is 2.37. The van der Waals surface area contributed by atoms with Gasteiger partial charge in [0, 0.05) is 23.8 Å². The van der Waals surface area contributed by atoms with Crippen LogP contribution in [-0.2, 0) is 14.8 Å². The maximum atomic E-state index is 13.7. The van der Waals surface area contributed by atoms with Crippen LogP contribution in [0.4, 0.5) is 5.69 Å². The van der Waals surface area contributed by atoms with E-state index in [0.29, 0.717) is 30.1 Å². The van der Waals surface area contributed by atoms with E-state index in [1.54, 1.807) is 25.1 Å². The second-order valence-corrected chi connectivity index (χ2v) is 11.6. The Morgan fingerprint density at radius 3 is 2.61 bits per heavy atom. The number of nitrogens with one attached hydrogen (secondary N) is 1. The van der Waals surface area contributed by atoms with Crippen molar-refractivity contribution in [1.82, 2.24) is 9.46 Å². The molecule has 1 N–H and O–H groups in total. The molecule has 1 amide bonds. The summed E-state index contributed by atoms with van der Waals surface area (Å²) in [6.07, 6.45) is 4.65. The van der Waals surface area contributed by atoms with Gasteiger partial charge in [0.1, 0.15) is 5.69 Å². The van der Waals surface area contributed by atoms with E-state index in [1.807, 2.05) is 51.1 Å². The first-order valence-corrected chi connectivity index (χ1v) is 13.7. The minimum atomic E-state index is -3.93. The molecule has 36 heavy (non-hydrogen) atoms. The molecule has 1 aliphatic heterocycles. The highest BCUT2D eigenvalue weighted by atomic mass is 35.5. The van der Waals surface area contributed by atoms with Gasteiger partial charge in [-0.3, -0.25) is 4.79 Å². The molecule has 1 aliphatic rings. The van der Waals surface area contributed by atoms with E-state index in [4.69, 9.17) is 16.1 Å². The Hall–Kier alpha value is -2.94. The number of nitrogens with zero attached hydrogens (tertiary/aromatic N) is 2. The summed E-state index contributed by atoms with van der Waals surface area (Å²) in [7, 11) is -3.93. The number of hydrogen-bond acceptors (Lipinski definition) is 5. The lowest BCUT2D eigenvalue weighted by Crippen LogP contribution is -2.43. The van der Waals surface area contributed by atoms with Crippen LogP contribution in [0.3, 0.4) is 0 Å². The molecule has 1 saturated heterocycles. The predicted molar refractivity (Wildman–Crippen MR) is 142 cm³/mol. The molecule has 1 aromatic heterocycles. The number of rotatable bonds is 6. The van der Waals surface area contributed by atoms with Crippen LogP contribution >= 0.6 is 11.6 Å². The quantitative estimate of drug-likeness (QED) is 0.439. The zero-order valence-electron chi connectivity index (χ0n) is 20.8. The van der Waals surface area contributed by atoms with Crippen LogP contribution in [0.1, 0.15) is 46.5 Å². The summed E-state index contributed by atoms with van der Waals surface area (Å²) in [5, 5.41) is 7.36. The lowest BCUT2D eigenvalue weighted by Gasteiger charge is -2.31. The van der Waals surface area contributed by atoms with E-state index >= 15 is 0 Å². The molecule has 2 aromatic carbocycles. The van der Waals surface area contributed by atoms with Crippen LogP contribution in [0, 0.1) is 33.6 Å². The third-order valence-electron chi connectivity index (χ3n) is 6.47. The molecule has 4 rings (SSSR count). The van der Waals surface area contributed by atoms with E-state index in [9.17, 15) is 13.2 Å².